The predicted molar refractivity (Wildman–Crippen MR) is 145 cm³/mol. The van der Waals surface area contributed by atoms with Crippen LogP contribution in [-0.4, -0.2) is 70.5 Å². The monoisotopic (exact) mass is 567 g/mol. The molecule has 4 aromatic rings. The van der Waals surface area contributed by atoms with Gasteiger partial charge in [-0.2, -0.15) is 4.31 Å². The third kappa shape index (κ3) is 4.95. The van der Waals surface area contributed by atoms with Crippen molar-refractivity contribution in [1.82, 2.24) is 14.3 Å². The van der Waals surface area contributed by atoms with E-state index in [1.54, 1.807) is 24.3 Å². The standard InChI is InChI=1S/C26H25N5O6S2/c32-38(33,21-7-8-23-24(18-21)37-16-15-36-23)29-25-26(28-10-9-27-25)30-11-13-31(14-12-30)39(34,35)22-6-5-19-3-1-2-4-20(19)17-22/h1-10,17-18H,11-16H2,(H,27,29). The fourth-order valence-corrected chi connectivity index (χ4v) is 7.11. The number of sulfonamides is 2. The molecule has 0 saturated carbocycles. The molecule has 0 aliphatic carbocycles. The number of benzene rings is 3. The van der Waals surface area contributed by atoms with Gasteiger partial charge < -0.3 is 14.4 Å². The Bertz CT molecular complexity index is 1760. The van der Waals surface area contributed by atoms with Crippen molar-refractivity contribution in [2.24, 2.45) is 0 Å². The minimum atomic E-state index is -4.02. The summed E-state index contributed by atoms with van der Waals surface area (Å²) in [5, 5.41) is 1.82. The van der Waals surface area contributed by atoms with Gasteiger partial charge in [0.25, 0.3) is 10.0 Å². The number of hydrogen-bond donors (Lipinski definition) is 1. The van der Waals surface area contributed by atoms with Crippen molar-refractivity contribution >= 4 is 42.5 Å². The molecular formula is C26H25N5O6S2. The third-order valence-electron chi connectivity index (χ3n) is 6.63. The number of rotatable bonds is 6. The summed E-state index contributed by atoms with van der Waals surface area (Å²) in [7, 11) is -7.72. The molecule has 2 aliphatic heterocycles. The smallest absolute Gasteiger partial charge is 0.263 e. The van der Waals surface area contributed by atoms with Crippen LogP contribution in [0.1, 0.15) is 0 Å². The summed E-state index contributed by atoms with van der Waals surface area (Å²) in [6.45, 7) is 1.77. The molecule has 0 radical (unpaired) electrons. The van der Waals surface area contributed by atoms with Crippen molar-refractivity contribution < 1.29 is 26.3 Å². The zero-order valence-corrected chi connectivity index (χ0v) is 22.4. The summed E-state index contributed by atoms with van der Waals surface area (Å²) in [4.78, 5) is 10.6. The Morgan fingerprint density at radius 1 is 0.718 bits per heavy atom. The van der Waals surface area contributed by atoms with Gasteiger partial charge in [0.05, 0.1) is 9.79 Å². The van der Waals surface area contributed by atoms with E-state index in [1.807, 2.05) is 29.2 Å². The van der Waals surface area contributed by atoms with Gasteiger partial charge in [-0.1, -0.05) is 30.3 Å². The van der Waals surface area contributed by atoms with Crippen molar-refractivity contribution in [1.29, 1.82) is 0 Å². The summed E-state index contributed by atoms with van der Waals surface area (Å²) >= 11 is 0. The molecule has 2 aliphatic rings. The molecule has 6 rings (SSSR count). The van der Waals surface area contributed by atoms with Gasteiger partial charge in [0.1, 0.15) is 13.2 Å². The average Bonchev–Trinajstić information content (AvgIpc) is 2.97. The van der Waals surface area contributed by atoms with E-state index in [0.717, 1.165) is 10.8 Å². The Morgan fingerprint density at radius 2 is 1.41 bits per heavy atom. The number of nitrogens with one attached hydrogen (secondary N) is 1. The van der Waals surface area contributed by atoms with E-state index in [9.17, 15) is 16.8 Å². The molecule has 3 heterocycles. The Kier molecular flexibility index (Phi) is 6.49. The molecule has 0 spiro atoms. The number of aromatic nitrogens is 2. The van der Waals surface area contributed by atoms with E-state index >= 15 is 0 Å². The van der Waals surface area contributed by atoms with Crippen LogP contribution in [0.25, 0.3) is 10.8 Å². The van der Waals surface area contributed by atoms with Crippen LogP contribution < -0.4 is 19.1 Å². The summed E-state index contributed by atoms with van der Waals surface area (Å²) in [5.74, 6) is 1.21. The zero-order chi connectivity index (χ0) is 27.0. The van der Waals surface area contributed by atoms with Gasteiger partial charge in [0.15, 0.2) is 23.1 Å². The Hall–Kier alpha value is -3.94. The maximum atomic E-state index is 13.4. The fourth-order valence-electron chi connectivity index (χ4n) is 4.63. The SMILES string of the molecule is O=S(=O)(Nc1nccnc1N1CCN(S(=O)(=O)c2ccc3ccccc3c2)CC1)c1ccc2c(c1)OCCO2. The van der Waals surface area contributed by atoms with Crippen molar-refractivity contribution in [2.75, 3.05) is 49.0 Å². The minimum Gasteiger partial charge on any atom is -0.486 e. The molecule has 202 valence electrons. The number of hydrogen-bond acceptors (Lipinski definition) is 9. The molecule has 0 amide bonds. The van der Waals surface area contributed by atoms with Crippen LogP contribution in [0.2, 0.25) is 0 Å². The predicted octanol–water partition coefficient (Wildman–Crippen LogP) is 2.71. The first kappa shape index (κ1) is 25.3. The van der Waals surface area contributed by atoms with Crippen molar-refractivity contribution in [2.45, 2.75) is 9.79 Å². The number of anilines is 2. The normalized spacial score (nSPS) is 16.3. The van der Waals surface area contributed by atoms with E-state index in [2.05, 4.69) is 14.7 Å². The zero-order valence-electron chi connectivity index (χ0n) is 20.7. The summed E-state index contributed by atoms with van der Waals surface area (Å²) in [6, 6.07) is 17.1. The quantitative estimate of drug-likeness (QED) is 0.374. The highest BCUT2D eigenvalue weighted by Gasteiger charge is 2.31. The molecule has 13 heteroatoms. The summed E-state index contributed by atoms with van der Waals surface area (Å²) < 4.78 is 68.0. The van der Waals surface area contributed by atoms with Gasteiger partial charge in [-0.25, -0.2) is 26.8 Å². The first-order valence-corrected chi connectivity index (χ1v) is 15.2. The lowest BCUT2D eigenvalue weighted by Crippen LogP contribution is -2.49. The summed E-state index contributed by atoms with van der Waals surface area (Å²) in [5.41, 5.74) is 0. The highest BCUT2D eigenvalue weighted by atomic mass is 32.2. The maximum Gasteiger partial charge on any atom is 0.263 e. The second-order valence-electron chi connectivity index (χ2n) is 9.04. The molecule has 0 atom stereocenters. The first-order valence-electron chi connectivity index (χ1n) is 12.3. The molecule has 0 unspecified atom stereocenters. The third-order valence-corrected chi connectivity index (χ3v) is 9.86. The molecule has 1 aromatic heterocycles. The van der Waals surface area contributed by atoms with Crippen LogP contribution >= 0.6 is 0 Å². The van der Waals surface area contributed by atoms with Crippen LogP contribution in [0, 0.1) is 0 Å². The first-order chi connectivity index (χ1) is 18.8. The van der Waals surface area contributed by atoms with Crippen LogP contribution in [0.4, 0.5) is 11.6 Å². The van der Waals surface area contributed by atoms with Gasteiger partial charge in [0.2, 0.25) is 10.0 Å². The Labute approximate surface area is 226 Å². The molecule has 39 heavy (non-hydrogen) atoms. The van der Waals surface area contributed by atoms with E-state index in [-0.39, 0.29) is 28.7 Å². The van der Waals surface area contributed by atoms with E-state index < -0.39 is 20.0 Å². The van der Waals surface area contributed by atoms with Gasteiger partial charge in [-0.05, 0) is 35.0 Å². The van der Waals surface area contributed by atoms with E-state index in [0.29, 0.717) is 43.6 Å². The van der Waals surface area contributed by atoms with Crippen molar-refractivity contribution in [3.63, 3.8) is 0 Å². The number of ether oxygens (including phenoxy) is 2. The second-order valence-corrected chi connectivity index (χ2v) is 12.7. The molecule has 1 fully saturated rings. The lowest BCUT2D eigenvalue weighted by molar-refractivity contribution is 0.171. The Morgan fingerprint density at radius 3 is 2.21 bits per heavy atom. The van der Waals surface area contributed by atoms with Gasteiger partial charge in [-0.15, -0.1) is 0 Å². The van der Waals surface area contributed by atoms with E-state index in [4.69, 9.17) is 9.47 Å². The van der Waals surface area contributed by atoms with Crippen molar-refractivity contribution in [3.8, 4) is 11.5 Å². The van der Waals surface area contributed by atoms with Crippen LogP contribution in [0.3, 0.4) is 0 Å². The lowest BCUT2D eigenvalue weighted by atomic mass is 10.1. The highest BCUT2D eigenvalue weighted by molar-refractivity contribution is 7.92. The van der Waals surface area contributed by atoms with Gasteiger partial charge >= 0.3 is 0 Å². The maximum absolute atomic E-state index is 13.4. The van der Waals surface area contributed by atoms with Crippen molar-refractivity contribution in [3.05, 3.63) is 73.1 Å². The highest BCUT2D eigenvalue weighted by Crippen LogP contribution is 2.33. The van der Waals surface area contributed by atoms with Crippen LogP contribution in [0.5, 0.6) is 11.5 Å². The molecular weight excluding hydrogens is 542 g/mol. The minimum absolute atomic E-state index is 0.00495. The van der Waals surface area contributed by atoms with E-state index in [1.165, 1.54) is 28.8 Å². The number of nitrogens with zero attached hydrogens (tertiary/aromatic N) is 4. The number of fused-ring (bicyclic) bond motifs is 2. The lowest BCUT2D eigenvalue weighted by Gasteiger charge is -2.35. The molecule has 3 aromatic carbocycles. The van der Waals surface area contributed by atoms with Crippen LogP contribution in [0.15, 0.2) is 82.8 Å². The summed E-state index contributed by atoms with van der Waals surface area (Å²) in [6.07, 6.45) is 2.86. The molecule has 11 nitrogen and oxygen atoms in total. The number of piperazine rings is 1. The average molecular weight is 568 g/mol. The topological polar surface area (TPSA) is 131 Å². The fraction of sp³-hybridized carbons (Fsp3) is 0.231. The van der Waals surface area contributed by atoms with Gasteiger partial charge in [0, 0.05) is 44.6 Å². The molecule has 1 N–H and O–H groups in total. The second kappa shape index (κ2) is 9.98. The van der Waals surface area contributed by atoms with Gasteiger partial charge in [-0.3, -0.25) is 4.72 Å². The molecule has 0 bridgehead atoms. The van der Waals surface area contributed by atoms with Crippen LogP contribution in [-0.2, 0) is 20.0 Å². The molecule has 1 saturated heterocycles. The Balaban J connectivity index is 1.19. The largest absolute Gasteiger partial charge is 0.486 e.